The van der Waals surface area contributed by atoms with E-state index in [9.17, 15) is 14.4 Å². The molecule has 0 radical (unpaired) electrons. The van der Waals surface area contributed by atoms with E-state index in [1.54, 1.807) is 4.90 Å². The van der Waals surface area contributed by atoms with Gasteiger partial charge in [-0.1, -0.05) is 12.1 Å². The quantitative estimate of drug-likeness (QED) is 0.638. The fraction of sp³-hybridized carbons (Fsp3) is 0.550. The highest BCUT2D eigenvalue weighted by Gasteiger charge is 2.41. The zero-order valence-corrected chi connectivity index (χ0v) is 15.6. The maximum Gasteiger partial charge on any atom is 0.255 e. The molecule has 2 fully saturated rings. The summed E-state index contributed by atoms with van der Waals surface area (Å²) in [6.07, 6.45) is 3.08. The second-order valence-corrected chi connectivity index (χ2v) is 8.14. The number of imide groups is 1. The molecule has 1 saturated carbocycles. The van der Waals surface area contributed by atoms with E-state index >= 15 is 0 Å². The summed E-state index contributed by atoms with van der Waals surface area (Å²) in [7, 11) is 0. The standard InChI is InChI=1S/C20H26N4O3/c1-20(11-21,14-4-5-14)22-9-12-2-3-13-10-24(19(27)15(13)8-12)16-6-7-17(25)23-18(16)26/h2-3,8,14,16,22H,4-7,9-11,21H2,1H3,(H,23,25,26). The molecule has 1 saturated heterocycles. The molecule has 7 nitrogen and oxygen atoms in total. The van der Waals surface area contributed by atoms with Crippen molar-refractivity contribution in [1.29, 1.82) is 0 Å². The van der Waals surface area contributed by atoms with E-state index in [0.717, 1.165) is 11.1 Å². The van der Waals surface area contributed by atoms with Gasteiger partial charge in [-0.25, -0.2) is 0 Å². The third kappa shape index (κ3) is 3.37. The number of nitrogens with two attached hydrogens (primary N) is 1. The molecule has 0 bridgehead atoms. The summed E-state index contributed by atoms with van der Waals surface area (Å²) in [5, 5.41) is 5.90. The molecular weight excluding hydrogens is 344 g/mol. The lowest BCUT2D eigenvalue weighted by Crippen LogP contribution is -2.52. The third-order valence-corrected chi connectivity index (χ3v) is 6.19. The van der Waals surface area contributed by atoms with Crippen LogP contribution in [-0.4, -0.2) is 40.7 Å². The smallest absolute Gasteiger partial charge is 0.255 e. The maximum absolute atomic E-state index is 12.9. The Morgan fingerprint density at radius 3 is 2.70 bits per heavy atom. The zero-order chi connectivity index (χ0) is 19.2. The Hall–Kier alpha value is -2.25. The molecule has 3 aliphatic rings. The maximum atomic E-state index is 12.9. The molecule has 7 heteroatoms. The Morgan fingerprint density at radius 1 is 1.26 bits per heavy atom. The number of piperidine rings is 1. The van der Waals surface area contributed by atoms with Gasteiger partial charge in [-0.2, -0.15) is 0 Å². The molecule has 0 aromatic heterocycles. The molecule has 4 N–H and O–H groups in total. The Bertz CT molecular complexity index is 804. The number of carbonyl (C=O) groups is 3. The molecule has 1 aromatic carbocycles. The molecule has 27 heavy (non-hydrogen) atoms. The predicted molar refractivity (Wildman–Crippen MR) is 99.5 cm³/mol. The Morgan fingerprint density at radius 2 is 2.04 bits per heavy atom. The number of hydrogen-bond donors (Lipinski definition) is 3. The lowest BCUT2D eigenvalue weighted by molar-refractivity contribution is -0.136. The van der Waals surface area contributed by atoms with E-state index in [1.165, 1.54) is 12.8 Å². The average Bonchev–Trinajstić information content (AvgIpc) is 3.46. The SMILES string of the molecule is CC(CN)(NCc1ccc2c(c1)C(=O)N(C1CCC(=O)NC1=O)C2)C1CC1. The van der Waals surface area contributed by atoms with E-state index in [-0.39, 0.29) is 29.7 Å². The minimum Gasteiger partial charge on any atom is -0.329 e. The highest BCUT2D eigenvalue weighted by Crippen LogP contribution is 2.39. The molecule has 2 unspecified atom stereocenters. The fourth-order valence-electron chi connectivity index (χ4n) is 4.12. The van der Waals surface area contributed by atoms with E-state index in [0.29, 0.717) is 37.5 Å². The lowest BCUT2D eigenvalue weighted by atomic mass is 9.95. The number of amides is 3. The van der Waals surface area contributed by atoms with Crippen LogP contribution in [0.25, 0.3) is 0 Å². The second kappa shape index (κ2) is 6.73. The molecule has 2 atom stereocenters. The molecule has 1 aliphatic carbocycles. The molecule has 2 aliphatic heterocycles. The summed E-state index contributed by atoms with van der Waals surface area (Å²) >= 11 is 0. The number of carbonyl (C=O) groups excluding carboxylic acids is 3. The first-order valence-corrected chi connectivity index (χ1v) is 9.63. The van der Waals surface area contributed by atoms with Crippen LogP contribution in [0.2, 0.25) is 0 Å². The van der Waals surface area contributed by atoms with Crippen molar-refractivity contribution in [3.63, 3.8) is 0 Å². The topological polar surface area (TPSA) is 105 Å². The van der Waals surface area contributed by atoms with Gasteiger partial charge >= 0.3 is 0 Å². The second-order valence-electron chi connectivity index (χ2n) is 8.14. The van der Waals surface area contributed by atoms with Crippen molar-refractivity contribution >= 4 is 17.7 Å². The number of benzene rings is 1. The van der Waals surface area contributed by atoms with Gasteiger partial charge in [0.05, 0.1) is 0 Å². The van der Waals surface area contributed by atoms with Crippen molar-refractivity contribution < 1.29 is 14.4 Å². The van der Waals surface area contributed by atoms with Crippen LogP contribution in [0.3, 0.4) is 0 Å². The highest BCUT2D eigenvalue weighted by atomic mass is 16.2. The van der Waals surface area contributed by atoms with Crippen molar-refractivity contribution in [1.82, 2.24) is 15.5 Å². The van der Waals surface area contributed by atoms with Gasteiger partial charge in [-0.3, -0.25) is 19.7 Å². The van der Waals surface area contributed by atoms with Gasteiger partial charge in [0.15, 0.2) is 0 Å². The van der Waals surface area contributed by atoms with Gasteiger partial charge in [-0.15, -0.1) is 0 Å². The number of nitrogens with zero attached hydrogens (tertiary/aromatic N) is 1. The summed E-state index contributed by atoms with van der Waals surface area (Å²) in [4.78, 5) is 37.9. The molecule has 2 heterocycles. The van der Waals surface area contributed by atoms with Crippen LogP contribution in [0.15, 0.2) is 18.2 Å². The van der Waals surface area contributed by atoms with Crippen molar-refractivity contribution in [2.45, 2.75) is 57.3 Å². The van der Waals surface area contributed by atoms with Gasteiger partial charge in [0.25, 0.3) is 5.91 Å². The Kier molecular flexibility index (Phi) is 4.52. The van der Waals surface area contributed by atoms with Gasteiger partial charge < -0.3 is 16.0 Å². The monoisotopic (exact) mass is 370 g/mol. The van der Waals surface area contributed by atoms with Gasteiger partial charge in [0.2, 0.25) is 11.8 Å². The van der Waals surface area contributed by atoms with Crippen LogP contribution in [0.5, 0.6) is 0 Å². The van der Waals surface area contributed by atoms with Gasteiger partial charge in [0.1, 0.15) is 6.04 Å². The van der Waals surface area contributed by atoms with Crippen LogP contribution in [0, 0.1) is 5.92 Å². The van der Waals surface area contributed by atoms with Crippen LogP contribution in [0.4, 0.5) is 0 Å². The molecular formula is C20H26N4O3. The van der Waals surface area contributed by atoms with E-state index in [2.05, 4.69) is 17.6 Å². The first kappa shape index (κ1) is 18.1. The summed E-state index contributed by atoms with van der Waals surface area (Å²) in [6, 6.07) is 5.34. The van der Waals surface area contributed by atoms with Gasteiger partial charge in [-0.05, 0) is 49.3 Å². The number of hydrogen-bond acceptors (Lipinski definition) is 5. The van der Waals surface area contributed by atoms with Crippen LogP contribution in [-0.2, 0) is 22.7 Å². The van der Waals surface area contributed by atoms with Crippen LogP contribution < -0.4 is 16.4 Å². The fourth-order valence-corrected chi connectivity index (χ4v) is 4.12. The minimum atomic E-state index is -0.570. The van der Waals surface area contributed by atoms with Crippen molar-refractivity contribution in [3.05, 3.63) is 34.9 Å². The van der Waals surface area contributed by atoms with E-state index in [4.69, 9.17) is 5.73 Å². The van der Waals surface area contributed by atoms with E-state index < -0.39 is 6.04 Å². The number of nitrogens with one attached hydrogen (secondary N) is 2. The number of rotatable bonds is 6. The Labute approximate surface area is 158 Å². The number of fused-ring (bicyclic) bond motifs is 1. The van der Waals surface area contributed by atoms with Crippen LogP contribution in [0.1, 0.15) is 54.1 Å². The molecule has 0 spiro atoms. The normalized spacial score (nSPS) is 24.6. The lowest BCUT2D eigenvalue weighted by Gasteiger charge is -2.30. The highest BCUT2D eigenvalue weighted by molar-refractivity contribution is 6.05. The molecule has 1 aromatic rings. The predicted octanol–water partition coefficient (Wildman–Crippen LogP) is 0.665. The average molecular weight is 370 g/mol. The molecule has 4 rings (SSSR count). The third-order valence-electron chi connectivity index (χ3n) is 6.19. The minimum absolute atomic E-state index is 0.0677. The molecule has 3 amide bonds. The zero-order valence-electron chi connectivity index (χ0n) is 15.6. The van der Waals surface area contributed by atoms with Crippen molar-refractivity contribution in [2.24, 2.45) is 11.7 Å². The summed E-state index contributed by atoms with van der Waals surface area (Å²) in [5.41, 5.74) is 8.51. The molecule has 144 valence electrons. The van der Waals surface area contributed by atoms with E-state index in [1.807, 2.05) is 18.2 Å². The van der Waals surface area contributed by atoms with Gasteiger partial charge in [0, 0.05) is 37.2 Å². The first-order chi connectivity index (χ1) is 12.9. The summed E-state index contributed by atoms with van der Waals surface area (Å²) in [5.74, 6) is -0.156. The first-order valence-electron chi connectivity index (χ1n) is 9.63. The largest absolute Gasteiger partial charge is 0.329 e. The summed E-state index contributed by atoms with van der Waals surface area (Å²) in [6.45, 7) is 3.82. The summed E-state index contributed by atoms with van der Waals surface area (Å²) < 4.78 is 0. The van der Waals surface area contributed by atoms with Crippen molar-refractivity contribution in [2.75, 3.05) is 6.54 Å². The van der Waals surface area contributed by atoms with Crippen LogP contribution >= 0.6 is 0 Å². The van der Waals surface area contributed by atoms with Crippen molar-refractivity contribution in [3.8, 4) is 0 Å². The Balaban J connectivity index is 1.46.